The quantitative estimate of drug-likeness (QED) is 0.712. The number of carbonyl (C=O) groups is 1. The monoisotopic (exact) mass is 385 g/mol. The van der Waals surface area contributed by atoms with Gasteiger partial charge in [0.05, 0.1) is 12.4 Å². The van der Waals surface area contributed by atoms with Crippen LogP contribution in [-0.4, -0.2) is 30.1 Å². The van der Waals surface area contributed by atoms with Gasteiger partial charge in [0.1, 0.15) is 5.75 Å². The number of nitrogens with one attached hydrogen (secondary N) is 1. The Morgan fingerprint density at radius 3 is 3.00 bits per heavy atom. The summed E-state index contributed by atoms with van der Waals surface area (Å²) in [6.45, 7) is 2.86. The molecule has 0 spiro atoms. The molecule has 1 amide bonds. The normalized spacial score (nSPS) is 21.4. The zero-order chi connectivity index (χ0) is 15.8. The van der Waals surface area contributed by atoms with Gasteiger partial charge in [-0.2, -0.15) is 0 Å². The smallest absolute Gasteiger partial charge is 0.230 e. The standard InChI is InChI=1S/C17H24BrNO2S/c1-13-5-2-3-8-16(13)19-17(20)12-22-10-9-21-15-7-4-6-14(18)11-15/h4,6-7,11,13,16H,2-3,5,8-10,12H2,1H3,(H,19,20)/t13-,16+/m1/s1. The van der Waals surface area contributed by atoms with E-state index in [2.05, 4.69) is 28.2 Å². The van der Waals surface area contributed by atoms with Gasteiger partial charge in [-0.15, -0.1) is 11.8 Å². The molecule has 0 bridgehead atoms. The van der Waals surface area contributed by atoms with Crippen molar-refractivity contribution in [3.63, 3.8) is 0 Å². The van der Waals surface area contributed by atoms with Gasteiger partial charge >= 0.3 is 0 Å². The third-order valence-electron chi connectivity index (χ3n) is 3.98. The summed E-state index contributed by atoms with van der Waals surface area (Å²) in [5, 5.41) is 3.18. The Bertz CT molecular complexity index is 483. The highest BCUT2D eigenvalue weighted by molar-refractivity contribution is 9.10. The van der Waals surface area contributed by atoms with E-state index in [-0.39, 0.29) is 5.91 Å². The topological polar surface area (TPSA) is 38.3 Å². The van der Waals surface area contributed by atoms with Crippen LogP contribution in [0.4, 0.5) is 0 Å². The Morgan fingerprint density at radius 1 is 1.41 bits per heavy atom. The van der Waals surface area contributed by atoms with Crippen LogP contribution in [0.1, 0.15) is 32.6 Å². The molecule has 1 aromatic rings. The number of amides is 1. The molecule has 2 atom stereocenters. The molecule has 0 radical (unpaired) electrons. The SMILES string of the molecule is C[C@@H]1CCCC[C@@H]1NC(=O)CSCCOc1cccc(Br)c1. The van der Waals surface area contributed by atoms with Crippen LogP contribution in [0.25, 0.3) is 0 Å². The van der Waals surface area contributed by atoms with E-state index in [1.807, 2.05) is 24.3 Å². The summed E-state index contributed by atoms with van der Waals surface area (Å²) in [5.74, 6) is 2.97. The Hall–Kier alpha value is -0.680. The van der Waals surface area contributed by atoms with Gasteiger partial charge in [-0.05, 0) is 37.0 Å². The van der Waals surface area contributed by atoms with Crippen molar-refractivity contribution in [2.45, 2.75) is 38.6 Å². The van der Waals surface area contributed by atoms with Crippen molar-refractivity contribution in [1.82, 2.24) is 5.32 Å². The highest BCUT2D eigenvalue weighted by Gasteiger charge is 2.22. The van der Waals surface area contributed by atoms with Gasteiger partial charge in [0.15, 0.2) is 0 Å². The first-order valence-corrected chi connectivity index (χ1v) is 9.85. The first-order chi connectivity index (χ1) is 10.6. The molecule has 5 heteroatoms. The lowest BCUT2D eigenvalue weighted by atomic mass is 9.86. The maximum Gasteiger partial charge on any atom is 0.230 e. The number of benzene rings is 1. The largest absolute Gasteiger partial charge is 0.493 e. The molecule has 1 fully saturated rings. The second kappa shape index (κ2) is 9.46. The average Bonchev–Trinajstić information content (AvgIpc) is 2.49. The lowest BCUT2D eigenvalue weighted by Crippen LogP contribution is -2.41. The van der Waals surface area contributed by atoms with Crippen molar-refractivity contribution >= 4 is 33.6 Å². The fraction of sp³-hybridized carbons (Fsp3) is 0.588. The minimum atomic E-state index is 0.159. The van der Waals surface area contributed by atoms with Gasteiger partial charge in [0.2, 0.25) is 5.91 Å². The highest BCUT2D eigenvalue weighted by Crippen LogP contribution is 2.23. The minimum absolute atomic E-state index is 0.159. The van der Waals surface area contributed by atoms with Crippen LogP contribution in [0.2, 0.25) is 0 Å². The highest BCUT2D eigenvalue weighted by atomic mass is 79.9. The molecule has 2 rings (SSSR count). The van der Waals surface area contributed by atoms with Gasteiger partial charge in [0, 0.05) is 16.3 Å². The molecule has 22 heavy (non-hydrogen) atoms. The second-order valence-corrected chi connectivity index (χ2v) is 7.82. The molecule has 1 aliphatic carbocycles. The van der Waals surface area contributed by atoms with Gasteiger partial charge in [0.25, 0.3) is 0 Å². The molecule has 1 saturated carbocycles. The predicted octanol–water partition coefficient (Wildman–Crippen LogP) is 4.26. The van der Waals surface area contributed by atoms with Crippen molar-refractivity contribution in [1.29, 1.82) is 0 Å². The third-order valence-corrected chi connectivity index (χ3v) is 5.40. The molecule has 0 aromatic heterocycles. The Balaban J connectivity index is 1.57. The van der Waals surface area contributed by atoms with Gasteiger partial charge < -0.3 is 10.1 Å². The van der Waals surface area contributed by atoms with E-state index in [0.29, 0.717) is 24.3 Å². The lowest BCUT2D eigenvalue weighted by molar-refractivity contribution is -0.119. The Labute approximate surface area is 145 Å². The molecular weight excluding hydrogens is 362 g/mol. The van der Waals surface area contributed by atoms with E-state index in [4.69, 9.17) is 4.74 Å². The summed E-state index contributed by atoms with van der Waals surface area (Å²) in [5.41, 5.74) is 0. The van der Waals surface area contributed by atoms with Gasteiger partial charge in [-0.25, -0.2) is 0 Å². The number of halogens is 1. The van der Waals surface area contributed by atoms with Gasteiger partial charge in [-0.1, -0.05) is 41.8 Å². The average molecular weight is 386 g/mol. The minimum Gasteiger partial charge on any atom is -0.493 e. The molecular formula is C17H24BrNO2S. The molecule has 1 N–H and O–H groups in total. The van der Waals surface area contributed by atoms with Crippen molar-refractivity contribution in [3.8, 4) is 5.75 Å². The molecule has 0 heterocycles. The molecule has 0 aliphatic heterocycles. The molecule has 0 unspecified atom stereocenters. The molecule has 3 nitrogen and oxygen atoms in total. The van der Waals surface area contributed by atoms with Crippen molar-refractivity contribution in [3.05, 3.63) is 28.7 Å². The summed E-state index contributed by atoms with van der Waals surface area (Å²) >= 11 is 5.04. The van der Waals surface area contributed by atoms with E-state index in [0.717, 1.165) is 22.4 Å². The molecule has 1 aromatic carbocycles. The summed E-state index contributed by atoms with van der Waals surface area (Å²) in [6.07, 6.45) is 4.90. The Morgan fingerprint density at radius 2 is 2.23 bits per heavy atom. The van der Waals surface area contributed by atoms with Crippen molar-refractivity contribution in [2.24, 2.45) is 5.92 Å². The fourth-order valence-electron chi connectivity index (χ4n) is 2.72. The first-order valence-electron chi connectivity index (χ1n) is 7.90. The van der Waals surface area contributed by atoms with E-state index in [9.17, 15) is 4.79 Å². The van der Waals surface area contributed by atoms with Crippen LogP contribution in [0.15, 0.2) is 28.7 Å². The van der Waals surface area contributed by atoms with Crippen LogP contribution in [0.3, 0.4) is 0 Å². The van der Waals surface area contributed by atoms with Crippen LogP contribution in [0, 0.1) is 5.92 Å². The zero-order valence-corrected chi connectivity index (χ0v) is 15.4. The number of thioether (sulfide) groups is 1. The lowest BCUT2D eigenvalue weighted by Gasteiger charge is -2.29. The van der Waals surface area contributed by atoms with Crippen LogP contribution >= 0.6 is 27.7 Å². The number of rotatable bonds is 7. The van der Waals surface area contributed by atoms with E-state index in [1.54, 1.807) is 11.8 Å². The Kier molecular flexibility index (Phi) is 7.60. The third kappa shape index (κ3) is 6.21. The van der Waals surface area contributed by atoms with Crippen LogP contribution in [0.5, 0.6) is 5.75 Å². The van der Waals surface area contributed by atoms with Gasteiger partial charge in [-0.3, -0.25) is 4.79 Å². The number of hydrogen-bond acceptors (Lipinski definition) is 3. The molecule has 122 valence electrons. The van der Waals surface area contributed by atoms with E-state index >= 15 is 0 Å². The van der Waals surface area contributed by atoms with E-state index < -0.39 is 0 Å². The van der Waals surface area contributed by atoms with E-state index in [1.165, 1.54) is 19.3 Å². The number of carbonyl (C=O) groups excluding carboxylic acids is 1. The molecule has 1 aliphatic rings. The summed E-state index contributed by atoms with van der Waals surface area (Å²) < 4.78 is 6.67. The predicted molar refractivity (Wildman–Crippen MR) is 96.5 cm³/mol. The van der Waals surface area contributed by atoms with Crippen molar-refractivity contribution in [2.75, 3.05) is 18.1 Å². The van der Waals surface area contributed by atoms with Crippen molar-refractivity contribution < 1.29 is 9.53 Å². The fourth-order valence-corrected chi connectivity index (χ4v) is 3.71. The summed E-state index contributed by atoms with van der Waals surface area (Å²) in [6, 6.07) is 8.18. The van der Waals surface area contributed by atoms with Crippen LogP contribution < -0.4 is 10.1 Å². The maximum atomic E-state index is 12.0. The second-order valence-electron chi connectivity index (χ2n) is 5.79. The number of hydrogen-bond donors (Lipinski definition) is 1. The summed E-state index contributed by atoms with van der Waals surface area (Å²) in [4.78, 5) is 12.0. The number of ether oxygens (including phenoxy) is 1. The molecule has 0 saturated heterocycles. The maximum absolute atomic E-state index is 12.0. The summed E-state index contributed by atoms with van der Waals surface area (Å²) in [7, 11) is 0. The zero-order valence-electron chi connectivity index (χ0n) is 13.0. The first kappa shape index (κ1) is 17.7. The van der Waals surface area contributed by atoms with Crippen LogP contribution in [-0.2, 0) is 4.79 Å².